The summed E-state index contributed by atoms with van der Waals surface area (Å²) >= 11 is 0. The third-order valence-corrected chi connectivity index (χ3v) is 2.29. The van der Waals surface area contributed by atoms with E-state index in [-0.39, 0.29) is 6.61 Å². The van der Waals surface area contributed by atoms with Crippen LogP contribution in [0.15, 0.2) is 0 Å². The summed E-state index contributed by atoms with van der Waals surface area (Å²) in [6, 6.07) is 0. The van der Waals surface area contributed by atoms with Gasteiger partial charge in [0.05, 0.1) is 6.61 Å². The normalized spacial score (nSPS) is 10.9. The molecule has 1 heterocycles. The van der Waals surface area contributed by atoms with Crippen molar-refractivity contribution in [1.82, 2.24) is 9.97 Å². The van der Waals surface area contributed by atoms with Gasteiger partial charge in [-0.1, -0.05) is 0 Å². The first-order valence-electron chi connectivity index (χ1n) is 5.21. The van der Waals surface area contributed by atoms with E-state index in [0.29, 0.717) is 18.1 Å². The van der Waals surface area contributed by atoms with Gasteiger partial charge in [-0.15, -0.1) is 0 Å². The number of halogens is 2. The van der Waals surface area contributed by atoms with Crippen LogP contribution < -0.4 is 11.3 Å². The minimum Gasteiger partial charge on any atom is -0.375 e. The van der Waals surface area contributed by atoms with Crippen LogP contribution in [0.4, 0.5) is 14.6 Å². The SMILES string of the molecule is Cc1nc(CCOCC(F)F)nc(NN)c1C. The molecular formula is C10H16F2N4O. The van der Waals surface area contributed by atoms with Gasteiger partial charge in [0.15, 0.2) is 0 Å². The van der Waals surface area contributed by atoms with E-state index in [4.69, 9.17) is 10.6 Å². The van der Waals surface area contributed by atoms with Gasteiger partial charge in [-0.25, -0.2) is 24.6 Å². The monoisotopic (exact) mass is 246 g/mol. The molecule has 1 rings (SSSR count). The minimum absolute atomic E-state index is 0.164. The molecule has 5 nitrogen and oxygen atoms in total. The number of nitrogens with two attached hydrogens (primary N) is 1. The summed E-state index contributed by atoms with van der Waals surface area (Å²) in [5.41, 5.74) is 4.14. The standard InChI is InChI=1S/C10H16F2N4O/c1-6-7(2)14-9(15-10(6)16-13)3-4-17-5-8(11)12/h8H,3-5,13H2,1-2H3,(H,14,15,16). The van der Waals surface area contributed by atoms with Crippen molar-refractivity contribution in [2.45, 2.75) is 26.7 Å². The average Bonchev–Trinajstić information content (AvgIpc) is 2.28. The molecule has 0 fully saturated rings. The number of anilines is 1. The quantitative estimate of drug-likeness (QED) is 0.448. The molecule has 96 valence electrons. The highest BCUT2D eigenvalue weighted by atomic mass is 19.3. The Morgan fingerprint density at radius 3 is 2.65 bits per heavy atom. The van der Waals surface area contributed by atoms with E-state index in [2.05, 4.69) is 15.4 Å². The molecule has 17 heavy (non-hydrogen) atoms. The number of aryl methyl sites for hydroxylation is 1. The molecule has 0 spiro atoms. The predicted octanol–water partition coefficient (Wildman–Crippen LogP) is 1.20. The van der Waals surface area contributed by atoms with E-state index in [1.54, 1.807) is 0 Å². The number of nitrogens with one attached hydrogen (secondary N) is 1. The second-order valence-corrected chi connectivity index (χ2v) is 3.56. The summed E-state index contributed by atoms with van der Waals surface area (Å²) in [7, 11) is 0. The first kappa shape index (κ1) is 13.7. The van der Waals surface area contributed by atoms with E-state index < -0.39 is 13.0 Å². The maximum Gasteiger partial charge on any atom is 0.261 e. The number of rotatable bonds is 6. The molecule has 0 aliphatic carbocycles. The van der Waals surface area contributed by atoms with Gasteiger partial charge in [0, 0.05) is 17.7 Å². The van der Waals surface area contributed by atoms with Crippen LogP contribution in [0.3, 0.4) is 0 Å². The lowest BCUT2D eigenvalue weighted by molar-refractivity contribution is 0.0183. The molecule has 0 aliphatic rings. The van der Waals surface area contributed by atoms with Crippen LogP contribution in [0.2, 0.25) is 0 Å². The summed E-state index contributed by atoms with van der Waals surface area (Å²) in [6.45, 7) is 3.28. The summed E-state index contributed by atoms with van der Waals surface area (Å²) in [5.74, 6) is 6.38. The zero-order valence-corrected chi connectivity index (χ0v) is 9.83. The lowest BCUT2D eigenvalue weighted by atomic mass is 10.2. The van der Waals surface area contributed by atoms with Crippen LogP contribution in [0.25, 0.3) is 0 Å². The molecule has 1 aromatic heterocycles. The van der Waals surface area contributed by atoms with Crippen molar-refractivity contribution in [1.29, 1.82) is 0 Å². The molecule has 3 N–H and O–H groups in total. The highest BCUT2D eigenvalue weighted by Crippen LogP contribution is 2.13. The summed E-state index contributed by atoms with van der Waals surface area (Å²) < 4.78 is 28.4. The van der Waals surface area contributed by atoms with Crippen LogP contribution in [0.5, 0.6) is 0 Å². The van der Waals surface area contributed by atoms with Gasteiger partial charge in [0.2, 0.25) is 0 Å². The topological polar surface area (TPSA) is 73.1 Å². The Balaban J connectivity index is 2.57. The lowest BCUT2D eigenvalue weighted by Gasteiger charge is -2.09. The first-order valence-corrected chi connectivity index (χ1v) is 5.21. The van der Waals surface area contributed by atoms with E-state index in [0.717, 1.165) is 11.3 Å². The fourth-order valence-corrected chi connectivity index (χ4v) is 1.27. The Morgan fingerprint density at radius 1 is 1.35 bits per heavy atom. The highest BCUT2D eigenvalue weighted by Gasteiger charge is 2.07. The summed E-state index contributed by atoms with van der Waals surface area (Å²) in [5, 5.41) is 0. The Labute approximate surface area is 98.4 Å². The van der Waals surface area contributed by atoms with Crippen LogP contribution in [-0.4, -0.2) is 29.6 Å². The maximum atomic E-state index is 11.8. The van der Waals surface area contributed by atoms with Gasteiger partial charge in [0.1, 0.15) is 18.2 Å². The smallest absolute Gasteiger partial charge is 0.261 e. The third kappa shape index (κ3) is 4.20. The Morgan fingerprint density at radius 2 is 2.06 bits per heavy atom. The molecule has 0 atom stereocenters. The number of ether oxygens (including phenoxy) is 1. The van der Waals surface area contributed by atoms with Crippen molar-refractivity contribution < 1.29 is 13.5 Å². The summed E-state index contributed by atoms with van der Waals surface area (Å²) in [6.07, 6.45) is -2.07. The number of aromatic nitrogens is 2. The number of nitrogen functional groups attached to an aromatic ring is 1. The van der Waals surface area contributed by atoms with Crippen molar-refractivity contribution in [2.24, 2.45) is 5.84 Å². The fourth-order valence-electron chi connectivity index (χ4n) is 1.27. The van der Waals surface area contributed by atoms with Gasteiger partial charge in [-0.05, 0) is 13.8 Å². The van der Waals surface area contributed by atoms with Gasteiger partial charge in [-0.3, -0.25) is 0 Å². The van der Waals surface area contributed by atoms with Crippen LogP contribution in [0, 0.1) is 13.8 Å². The Kier molecular flexibility index (Phi) is 5.17. The number of alkyl halides is 2. The Hall–Kier alpha value is -1.34. The van der Waals surface area contributed by atoms with Crippen molar-refractivity contribution in [3.05, 3.63) is 17.1 Å². The largest absolute Gasteiger partial charge is 0.375 e. The number of hydrazine groups is 1. The van der Waals surface area contributed by atoms with E-state index in [1.807, 2.05) is 13.8 Å². The van der Waals surface area contributed by atoms with Gasteiger partial charge in [-0.2, -0.15) is 0 Å². The van der Waals surface area contributed by atoms with E-state index in [9.17, 15) is 8.78 Å². The highest BCUT2D eigenvalue weighted by molar-refractivity contribution is 5.44. The van der Waals surface area contributed by atoms with E-state index >= 15 is 0 Å². The fraction of sp³-hybridized carbons (Fsp3) is 0.600. The molecule has 1 aromatic rings. The number of nitrogens with zero attached hydrogens (tertiary/aromatic N) is 2. The van der Waals surface area contributed by atoms with Crippen LogP contribution >= 0.6 is 0 Å². The molecule has 0 radical (unpaired) electrons. The zero-order valence-electron chi connectivity index (χ0n) is 9.83. The van der Waals surface area contributed by atoms with E-state index in [1.165, 1.54) is 0 Å². The second kappa shape index (κ2) is 6.41. The molecule has 0 saturated carbocycles. The molecular weight excluding hydrogens is 230 g/mol. The minimum atomic E-state index is -2.45. The van der Waals surface area contributed by atoms with Gasteiger partial charge in [0.25, 0.3) is 6.43 Å². The van der Waals surface area contributed by atoms with Gasteiger partial charge >= 0.3 is 0 Å². The van der Waals surface area contributed by atoms with Crippen LogP contribution in [0.1, 0.15) is 17.1 Å². The molecule has 0 saturated heterocycles. The molecule has 0 amide bonds. The number of hydrogen-bond donors (Lipinski definition) is 2. The van der Waals surface area contributed by atoms with Gasteiger partial charge < -0.3 is 10.2 Å². The van der Waals surface area contributed by atoms with Crippen molar-refractivity contribution >= 4 is 5.82 Å². The molecule has 0 aliphatic heterocycles. The second-order valence-electron chi connectivity index (χ2n) is 3.56. The third-order valence-electron chi connectivity index (χ3n) is 2.29. The molecule has 0 bridgehead atoms. The van der Waals surface area contributed by atoms with Crippen molar-refractivity contribution in [3.63, 3.8) is 0 Å². The lowest BCUT2D eigenvalue weighted by Crippen LogP contribution is -2.15. The van der Waals surface area contributed by atoms with Crippen molar-refractivity contribution in [2.75, 3.05) is 18.6 Å². The Bertz CT molecular complexity index is 374. The molecule has 0 aromatic carbocycles. The maximum absolute atomic E-state index is 11.8. The van der Waals surface area contributed by atoms with Crippen molar-refractivity contribution in [3.8, 4) is 0 Å². The average molecular weight is 246 g/mol. The molecule has 0 unspecified atom stereocenters. The predicted molar refractivity (Wildman–Crippen MR) is 59.8 cm³/mol. The zero-order chi connectivity index (χ0) is 12.8. The van der Waals surface area contributed by atoms with Crippen LogP contribution in [-0.2, 0) is 11.2 Å². The summed E-state index contributed by atoms with van der Waals surface area (Å²) in [4.78, 5) is 8.38. The first-order chi connectivity index (χ1) is 8.04. The number of hydrogen-bond acceptors (Lipinski definition) is 5. The molecule has 7 heteroatoms.